The van der Waals surface area contributed by atoms with Crippen molar-refractivity contribution in [1.29, 1.82) is 0 Å². The molecule has 0 saturated carbocycles. The van der Waals surface area contributed by atoms with Crippen LogP contribution in [0.4, 0.5) is 0 Å². The van der Waals surface area contributed by atoms with E-state index in [4.69, 9.17) is 0 Å². The first kappa shape index (κ1) is 17.0. The highest BCUT2D eigenvalue weighted by atomic mass is 32.2. The fourth-order valence-corrected chi connectivity index (χ4v) is 3.13. The Balaban J connectivity index is 1.72. The lowest BCUT2D eigenvalue weighted by atomic mass is 10.1. The second kappa shape index (κ2) is 7.85. The average Bonchev–Trinajstić information content (AvgIpc) is 3.14. The fraction of sp³-hybridized carbons (Fsp3) is 0.167. The predicted octanol–water partition coefficient (Wildman–Crippen LogP) is 2.08. The molecule has 25 heavy (non-hydrogen) atoms. The van der Waals surface area contributed by atoms with E-state index in [9.17, 15) is 9.00 Å². The Kier molecular flexibility index (Phi) is 5.35. The van der Waals surface area contributed by atoms with Crippen LogP contribution in [0.3, 0.4) is 0 Å². The molecule has 3 rings (SSSR count). The second-order valence-corrected chi connectivity index (χ2v) is 6.97. The summed E-state index contributed by atoms with van der Waals surface area (Å²) in [5.41, 5.74) is 2.30. The third-order valence-corrected chi connectivity index (χ3v) is 4.33. The normalized spacial score (nSPS) is 11.9. The lowest BCUT2D eigenvalue weighted by Crippen LogP contribution is -2.24. The Labute approximate surface area is 148 Å². The summed E-state index contributed by atoms with van der Waals surface area (Å²) in [5.74, 6) is 0.939. The van der Waals surface area contributed by atoms with Gasteiger partial charge >= 0.3 is 0 Å². The molecule has 0 bridgehead atoms. The minimum Gasteiger partial charge on any atom is -0.348 e. The molecule has 0 aliphatic rings. The molecule has 1 unspecified atom stereocenters. The summed E-state index contributed by atoms with van der Waals surface area (Å²) in [6, 6.07) is 12.7. The minimum atomic E-state index is -0.941. The zero-order valence-corrected chi connectivity index (χ0v) is 14.6. The molecule has 2 aromatic heterocycles. The highest BCUT2D eigenvalue weighted by molar-refractivity contribution is 7.83. The Morgan fingerprint density at radius 1 is 1.20 bits per heavy atom. The molecule has 3 aromatic rings. The van der Waals surface area contributed by atoms with Gasteiger partial charge in [-0.1, -0.05) is 18.2 Å². The summed E-state index contributed by atoms with van der Waals surface area (Å²) < 4.78 is 13.0. The first-order chi connectivity index (χ1) is 12.1. The van der Waals surface area contributed by atoms with E-state index in [0.29, 0.717) is 23.7 Å². The number of nitrogens with one attached hydrogen (secondary N) is 1. The highest BCUT2D eigenvalue weighted by Crippen LogP contribution is 2.11. The van der Waals surface area contributed by atoms with Gasteiger partial charge in [-0.3, -0.25) is 9.00 Å². The number of carbonyl (C=O) groups is 1. The molecule has 0 spiro atoms. The van der Waals surface area contributed by atoms with E-state index < -0.39 is 10.8 Å². The molecule has 0 saturated heterocycles. The summed E-state index contributed by atoms with van der Waals surface area (Å²) in [6.45, 7) is 0.339. The number of aromatic nitrogens is 3. The standard InChI is InChI=1S/C18H18N4O2S/c1-25(24)13-14-5-2-6-15(11-14)18(23)20-12-16-7-3-8-19-17(16)22-10-4-9-21-22/h2-11H,12-13H2,1H3,(H,20,23). The van der Waals surface area contributed by atoms with E-state index in [-0.39, 0.29) is 5.91 Å². The topological polar surface area (TPSA) is 76.9 Å². The number of hydrogen-bond donors (Lipinski definition) is 1. The molecule has 0 aliphatic carbocycles. The molecule has 1 atom stereocenters. The van der Waals surface area contributed by atoms with Crippen molar-refractivity contribution in [2.75, 3.05) is 6.26 Å². The van der Waals surface area contributed by atoms with Crippen LogP contribution in [-0.2, 0) is 23.1 Å². The second-order valence-electron chi connectivity index (χ2n) is 5.54. The zero-order chi connectivity index (χ0) is 17.6. The van der Waals surface area contributed by atoms with Gasteiger partial charge in [-0.25, -0.2) is 9.67 Å². The first-order valence-corrected chi connectivity index (χ1v) is 9.47. The summed E-state index contributed by atoms with van der Waals surface area (Å²) in [4.78, 5) is 16.8. The first-order valence-electron chi connectivity index (χ1n) is 7.74. The monoisotopic (exact) mass is 354 g/mol. The van der Waals surface area contributed by atoms with Crippen LogP contribution in [0, 0.1) is 0 Å². The van der Waals surface area contributed by atoms with E-state index in [0.717, 1.165) is 11.1 Å². The van der Waals surface area contributed by atoms with Crippen molar-refractivity contribution in [3.05, 3.63) is 77.7 Å². The van der Waals surface area contributed by atoms with Crippen molar-refractivity contribution >= 4 is 16.7 Å². The molecular formula is C18H18N4O2S. The van der Waals surface area contributed by atoms with Crippen LogP contribution in [0.25, 0.3) is 5.82 Å². The average molecular weight is 354 g/mol. The van der Waals surface area contributed by atoms with Gasteiger partial charge in [0.25, 0.3) is 5.91 Å². The molecule has 1 amide bonds. The van der Waals surface area contributed by atoms with Crippen molar-refractivity contribution < 1.29 is 9.00 Å². The van der Waals surface area contributed by atoms with E-state index in [1.54, 1.807) is 41.5 Å². The summed E-state index contributed by atoms with van der Waals surface area (Å²) in [5, 5.41) is 7.09. The number of nitrogens with zero attached hydrogens (tertiary/aromatic N) is 3. The Morgan fingerprint density at radius 2 is 2.08 bits per heavy atom. The van der Waals surface area contributed by atoms with Gasteiger partial charge < -0.3 is 5.32 Å². The number of benzene rings is 1. The highest BCUT2D eigenvalue weighted by Gasteiger charge is 2.10. The maximum absolute atomic E-state index is 12.4. The molecule has 2 heterocycles. The molecule has 7 heteroatoms. The van der Waals surface area contributed by atoms with Gasteiger partial charge in [0.1, 0.15) is 0 Å². The van der Waals surface area contributed by atoms with Crippen LogP contribution in [-0.4, -0.2) is 31.1 Å². The van der Waals surface area contributed by atoms with Crippen molar-refractivity contribution in [2.24, 2.45) is 0 Å². The van der Waals surface area contributed by atoms with Gasteiger partial charge in [-0.05, 0) is 29.8 Å². The van der Waals surface area contributed by atoms with Gasteiger partial charge in [0.05, 0.1) is 0 Å². The Bertz CT molecular complexity index is 894. The van der Waals surface area contributed by atoms with E-state index in [2.05, 4.69) is 15.4 Å². The lowest BCUT2D eigenvalue weighted by molar-refractivity contribution is 0.0951. The third kappa shape index (κ3) is 4.39. The SMILES string of the molecule is CS(=O)Cc1cccc(C(=O)NCc2cccnc2-n2cccn2)c1. The number of amides is 1. The predicted molar refractivity (Wildman–Crippen MR) is 96.7 cm³/mol. The molecule has 0 fully saturated rings. The van der Waals surface area contributed by atoms with Crippen LogP contribution in [0.2, 0.25) is 0 Å². The van der Waals surface area contributed by atoms with E-state index in [1.807, 2.05) is 30.5 Å². The third-order valence-electron chi connectivity index (χ3n) is 3.59. The quantitative estimate of drug-likeness (QED) is 0.735. The van der Waals surface area contributed by atoms with Crippen molar-refractivity contribution in [3.63, 3.8) is 0 Å². The molecule has 1 aromatic carbocycles. The van der Waals surface area contributed by atoms with Crippen molar-refractivity contribution in [1.82, 2.24) is 20.1 Å². The lowest BCUT2D eigenvalue weighted by Gasteiger charge is -2.10. The largest absolute Gasteiger partial charge is 0.348 e. The minimum absolute atomic E-state index is 0.181. The molecule has 1 N–H and O–H groups in total. The molecule has 128 valence electrons. The summed E-state index contributed by atoms with van der Waals surface area (Å²) in [7, 11) is -0.941. The van der Waals surface area contributed by atoms with Crippen molar-refractivity contribution in [2.45, 2.75) is 12.3 Å². The summed E-state index contributed by atoms with van der Waals surface area (Å²) in [6.07, 6.45) is 6.82. The van der Waals surface area contributed by atoms with Gasteiger partial charge in [0.15, 0.2) is 5.82 Å². The van der Waals surface area contributed by atoms with Crippen LogP contribution >= 0.6 is 0 Å². The number of rotatable bonds is 6. The molecule has 0 radical (unpaired) electrons. The van der Waals surface area contributed by atoms with Crippen LogP contribution in [0.5, 0.6) is 0 Å². The summed E-state index contributed by atoms with van der Waals surface area (Å²) >= 11 is 0. The van der Waals surface area contributed by atoms with Crippen LogP contribution in [0.15, 0.2) is 61.1 Å². The number of carbonyl (C=O) groups excluding carboxylic acids is 1. The fourth-order valence-electron chi connectivity index (χ4n) is 2.48. The number of hydrogen-bond acceptors (Lipinski definition) is 4. The van der Waals surface area contributed by atoms with Gasteiger partial charge in [-0.2, -0.15) is 5.10 Å². The number of pyridine rings is 1. The van der Waals surface area contributed by atoms with Crippen LogP contribution < -0.4 is 5.32 Å². The van der Waals surface area contributed by atoms with Gasteiger partial charge in [0.2, 0.25) is 0 Å². The van der Waals surface area contributed by atoms with Gasteiger partial charge in [-0.15, -0.1) is 0 Å². The van der Waals surface area contributed by atoms with E-state index >= 15 is 0 Å². The Morgan fingerprint density at radius 3 is 2.84 bits per heavy atom. The van der Waals surface area contributed by atoms with Gasteiger partial charge in [0, 0.05) is 59.1 Å². The van der Waals surface area contributed by atoms with E-state index in [1.165, 1.54) is 0 Å². The van der Waals surface area contributed by atoms with Crippen LogP contribution in [0.1, 0.15) is 21.5 Å². The molecule has 0 aliphatic heterocycles. The maximum atomic E-state index is 12.4. The smallest absolute Gasteiger partial charge is 0.251 e. The van der Waals surface area contributed by atoms with Crippen molar-refractivity contribution in [3.8, 4) is 5.82 Å². The molecular weight excluding hydrogens is 336 g/mol. The Hall–Kier alpha value is -2.80. The maximum Gasteiger partial charge on any atom is 0.251 e. The zero-order valence-electron chi connectivity index (χ0n) is 13.8. The molecule has 6 nitrogen and oxygen atoms in total.